The van der Waals surface area contributed by atoms with Gasteiger partial charge in [-0.1, -0.05) is 44.2 Å². The lowest BCUT2D eigenvalue weighted by molar-refractivity contribution is 0.475. The summed E-state index contributed by atoms with van der Waals surface area (Å²) in [7, 11) is 1.99. The first-order chi connectivity index (χ1) is 9.67. The predicted octanol–water partition coefficient (Wildman–Crippen LogP) is 4.53. The lowest BCUT2D eigenvalue weighted by atomic mass is 9.76. The first kappa shape index (κ1) is 15.2. The predicted molar refractivity (Wildman–Crippen MR) is 87.4 cm³/mol. The van der Waals surface area contributed by atoms with Crippen molar-refractivity contribution in [3.05, 3.63) is 52.0 Å². The van der Waals surface area contributed by atoms with Gasteiger partial charge in [-0.05, 0) is 32.4 Å². The molecule has 0 aliphatic heterocycles. The largest absolute Gasteiger partial charge is 0.312 e. The van der Waals surface area contributed by atoms with Crippen LogP contribution in [0.5, 0.6) is 0 Å². The van der Waals surface area contributed by atoms with Gasteiger partial charge in [0.25, 0.3) is 0 Å². The summed E-state index contributed by atoms with van der Waals surface area (Å²) in [5, 5.41) is 4.53. The van der Waals surface area contributed by atoms with Crippen LogP contribution in [-0.2, 0) is 5.41 Å². The zero-order chi connectivity index (χ0) is 14.6. The van der Waals surface area contributed by atoms with E-state index in [0.717, 1.165) is 12.8 Å². The van der Waals surface area contributed by atoms with Crippen LogP contribution in [0.25, 0.3) is 0 Å². The Balaban J connectivity index is 2.46. The monoisotopic (exact) mass is 288 g/mol. The third-order valence-electron chi connectivity index (χ3n) is 4.33. The van der Waals surface area contributed by atoms with Crippen molar-refractivity contribution in [3.63, 3.8) is 0 Å². The van der Waals surface area contributed by atoms with Gasteiger partial charge in [-0.15, -0.1) is 11.3 Å². The van der Waals surface area contributed by atoms with Crippen molar-refractivity contribution in [2.75, 3.05) is 7.05 Å². The number of rotatable bonds is 6. The number of nitrogens with zero attached hydrogens (tertiary/aromatic N) is 1. The van der Waals surface area contributed by atoms with Crippen LogP contribution in [0.15, 0.2) is 36.5 Å². The Hall–Kier alpha value is -1.19. The highest BCUT2D eigenvalue weighted by molar-refractivity contribution is 7.11. The lowest BCUT2D eigenvalue weighted by Crippen LogP contribution is -2.25. The normalized spacial score (nSPS) is 13.4. The van der Waals surface area contributed by atoms with Gasteiger partial charge in [0.1, 0.15) is 5.01 Å². The average Bonchev–Trinajstić information content (AvgIpc) is 3.00. The molecule has 3 heteroatoms. The van der Waals surface area contributed by atoms with Gasteiger partial charge in [-0.25, -0.2) is 4.98 Å². The molecule has 1 N–H and O–H groups in total. The third-order valence-corrected chi connectivity index (χ3v) is 5.71. The minimum absolute atomic E-state index is 0.0532. The maximum Gasteiger partial charge on any atom is 0.103 e. The van der Waals surface area contributed by atoms with Crippen LogP contribution < -0.4 is 5.32 Å². The van der Waals surface area contributed by atoms with Gasteiger partial charge in [0.05, 0.1) is 0 Å². The van der Waals surface area contributed by atoms with Gasteiger partial charge < -0.3 is 5.32 Å². The van der Waals surface area contributed by atoms with Crippen LogP contribution >= 0.6 is 11.3 Å². The molecule has 1 aromatic heterocycles. The minimum atomic E-state index is 0.0532. The molecule has 20 heavy (non-hydrogen) atoms. The maximum atomic E-state index is 4.75. The standard InChI is InChI=1S/C17H24N2S/c1-5-17(6-2,14-10-8-7-9-11-14)16-19-12-15(20-16)13(3)18-4/h7-13,18H,5-6H2,1-4H3. The summed E-state index contributed by atoms with van der Waals surface area (Å²) in [6.07, 6.45) is 4.19. The zero-order valence-corrected chi connectivity index (χ0v) is 13.6. The molecule has 1 unspecified atom stereocenters. The smallest absolute Gasteiger partial charge is 0.103 e. The number of thiazole rings is 1. The van der Waals surface area contributed by atoms with Crippen LogP contribution in [0.4, 0.5) is 0 Å². The van der Waals surface area contributed by atoms with Crippen molar-refractivity contribution in [1.29, 1.82) is 0 Å². The van der Waals surface area contributed by atoms with Crippen molar-refractivity contribution in [1.82, 2.24) is 10.3 Å². The van der Waals surface area contributed by atoms with Crippen molar-refractivity contribution >= 4 is 11.3 Å². The highest BCUT2D eigenvalue weighted by Crippen LogP contribution is 2.41. The quantitative estimate of drug-likeness (QED) is 0.844. The van der Waals surface area contributed by atoms with E-state index in [1.807, 2.05) is 24.6 Å². The van der Waals surface area contributed by atoms with Crippen LogP contribution in [0.2, 0.25) is 0 Å². The first-order valence-electron chi connectivity index (χ1n) is 7.37. The van der Waals surface area contributed by atoms with Crippen LogP contribution in [0, 0.1) is 0 Å². The zero-order valence-electron chi connectivity index (χ0n) is 12.8. The lowest BCUT2D eigenvalue weighted by Gasteiger charge is -2.30. The second kappa shape index (κ2) is 6.51. The van der Waals surface area contributed by atoms with E-state index in [2.05, 4.69) is 56.4 Å². The number of benzene rings is 1. The Kier molecular flexibility index (Phi) is 4.95. The highest BCUT2D eigenvalue weighted by Gasteiger charge is 2.33. The summed E-state index contributed by atoms with van der Waals surface area (Å²) in [5.74, 6) is 0. The maximum absolute atomic E-state index is 4.75. The molecule has 0 amide bonds. The molecule has 0 aliphatic rings. The van der Waals surface area contributed by atoms with E-state index in [1.54, 1.807) is 0 Å². The number of nitrogens with one attached hydrogen (secondary N) is 1. The molecule has 0 bridgehead atoms. The van der Waals surface area contributed by atoms with Gasteiger partial charge >= 0.3 is 0 Å². The molecule has 2 nitrogen and oxygen atoms in total. The van der Waals surface area contributed by atoms with Crippen molar-refractivity contribution in [2.24, 2.45) is 0 Å². The molecular weight excluding hydrogens is 264 g/mol. The van der Waals surface area contributed by atoms with E-state index in [9.17, 15) is 0 Å². The molecule has 1 aromatic carbocycles. The minimum Gasteiger partial charge on any atom is -0.312 e. The van der Waals surface area contributed by atoms with Crippen molar-refractivity contribution in [3.8, 4) is 0 Å². The molecule has 2 rings (SSSR count). The van der Waals surface area contributed by atoms with E-state index < -0.39 is 0 Å². The summed E-state index contributed by atoms with van der Waals surface area (Å²) in [6.45, 7) is 6.71. The van der Waals surface area contributed by atoms with Crippen LogP contribution in [0.3, 0.4) is 0 Å². The Bertz CT molecular complexity index is 529. The van der Waals surface area contributed by atoms with E-state index in [4.69, 9.17) is 4.98 Å². The van der Waals surface area contributed by atoms with Gasteiger partial charge in [0.2, 0.25) is 0 Å². The van der Waals surface area contributed by atoms with Gasteiger partial charge in [-0.2, -0.15) is 0 Å². The van der Waals surface area contributed by atoms with Crippen molar-refractivity contribution < 1.29 is 0 Å². The molecule has 0 saturated heterocycles. The number of aromatic nitrogens is 1. The second-order valence-electron chi connectivity index (χ2n) is 5.23. The van der Waals surface area contributed by atoms with E-state index >= 15 is 0 Å². The van der Waals surface area contributed by atoms with Crippen LogP contribution in [0.1, 0.15) is 55.1 Å². The molecule has 108 valence electrons. The fourth-order valence-electron chi connectivity index (χ4n) is 2.69. The first-order valence-corrected chi connectivity index (χ1v) is 8.18. The molecule has 0 fully saturated rings. The Morgan fingerprint density at radius 3 is 2.40 bits per heavy atom. The Labute approximate surface area is 126 Å². The van der Waals surface area contributed by atoms with E-state index in [1.165, 1.54) is 15.4 Å². The summed E-state index contributed by atoms with van der Waals surface area (Å²) < 4.78 is 0. The van der Waals surface area contributed by atoms with E-state index in [0.29, 0.717) is 6.04 Å². The summed E-state index contributed by atoms with van der Waals surface area (Å²) in [6, 6.07) is 11.2. The molecule has 0 radical (unpaired) electrons. The topological polar surface area (TPSA) is 24.9 Å². The molecule has 0 aliphatic carbocycles. The molecule has 1 heterocycles. The molecule has 0 saturated carbocycles. The summed E-state index contributed by atoms with van der Waals surface area (Å²) in [4.78, 5) is 6.06. The highest BCUT2D eigenvalue weighted by atomic mass is 32.1. The van der Waals surface area contributed by atoms with E-state index in [-0.39, 0.29) is 5.41 Å². The average molecular weight is 288 g/mol. The van der Waals surface area contributed by atoms with Gasteiger partial charge in [0.15, 0.2) is 0 Å². The fourth-order valence-corrected chi connectivity index (χ4v) is 4.02. The third kappa shape index (κ3) is 2.65. The molecular formula is C17H24N2S. The van der Waals surface area contributed by atoms with Gasteiger partial charge in [0, 0.05) is 22.5 Å². The summed E-state index contributed by atoms with van der Waals surface area (Å²) in [5.41, 5.74) is 1.43. The second-order valence-corrected chi connectivity index (χ2v) is 6.30. The number of hydrogen-bond donors (Lipinski definition) is 1. The SMILES string of the molecule is CCC(CC)(c1ccccc1)c1ncc(C(C)NC)s1. The summed E-state index contributed by atoms with van der Waals surface area (Å²) >= 11 is 1.84. The Morgan fingerprint density at radius 1 is 1.20 bits per heavy atom. The van der Waals surface area contributed by atoms with Crippen molar-refractivity contribution in [2.45, 2.75) is 45.1 Å². The fraction of sp³-hybridized carbons (Fsp3) is 0.471. The molecule has 1 atom stereocenters. The molecule has 0 spiro atoms. The van der Waals surface area contributed by atoms with Crippen LogP contribution in [-0.4, -0.2) is 12.0 Å². The van der Waals surface area contributed by atoms with Gasteiger partial charge in [-0.3, -0.25) is 0 Å². The number of hydrogen-bond acceptors (Lipinski definition) is 3. The Morgan fingerprint density at radius 2 is 1.85 bits per heavy atom. The molecule has 2 aromatic rings.